The first kappa shape index (κ1) is 9.65. The van der Waals surface area contributed by atoms with E-state index in [4.69, 9.17) is 10.5 Å². The van der Waals surface area contributed by atoms with Crippen molar-refractivity contribution in [3.05, 3.63) is 0 Å². The standard InChI is InChI=1S/C10H17N2O2/c1-6(2)8(11)9-12-5-3-4-7(12)10(13)14-9/h6-8H,3-5,11H2,1-2H3/q+1. The largest absolute Gasteiger partial charge is 0.384 e. The zero-order valence-electron chi connectivity index (χ0n) is 8.69. The highest BCUT2D eigenvalue weighted by Gasteiger charge is 2.48. The summed E-state index contributed by atoms with van der Waals surface area (Å²) in [7, 11) is 0. The van der Waals surface area contributed by atoms with E-state index in [-0.39, 0.29) is 18.1 Å². The molecule has 0 radical (unpaired) electrons. The van der Waals surface area contributed by atoms with Crippen molar-refractivity contribution in [3.8, 4) is 0 Å². The number of ether oxygens (including phenoxy) is 1. The molecule has 2 rings (SSSR count). The van der Waals surface area contributed by atoms with E-state index in [1.807, 2.05) is 18.4 Å². The molecule has 0 aromatic rings. The van der Waals surface area contributed by atoms with Crippen molar-refractivity contribution in [1.29, 1.82) is 0 Å². The molecule has 4 heteroatoms. The van der Waals surface area contributed by atoms with E-state index in [0.717, 1.165) is 19.4 Å². The third-order valence-electron chi connectivity index (χ3n) is 3.02. The molecular weight excluding hydrogens is 180 g/mol. The molecule has 1 saturated heterocycles. The molecule has 2 aliphatic heterocycles. The quantitative estimate of drug-likeness (QED) is 0.504. The molecule has 4 nitrogen and oxygen atoms in total. The summed E-state index contributed by atoms with van der Waals surface area (Å²) in [6.45, 7) is 4.98. The summed E-state index contributed by atoms with van der Waals surface area (Å²) in [6.07, 6.45) is 1.97. The van der Waals surface area contributed by atoms with Crippen LogP contribution in [0.2, 0.25) is 0 Å². The summed E-state index contributed by atoms with van der Waals surface area (Å²) in [4.78, 5) is 11.5. The van der Waals surface area contributed by atoms with Crippen LogP contribution in [0, 0.1) is 5.92 Å². The smallest absolute Gasteiger partial charge is 0.368 e. The average molecular weight is 197 g/mol. The lowest BCUT2D eigenvalue weighted by atomic mass is 10.1. The van der Waals surface area contributed by atoms with Crippen molar-refractivity contribution in [3.63, 3.8) is 0 Å². The zero-order valence-corrected chi connectivity index (χ0v) is 8.69. The molecular formula is C10H17N2O2+. The summed E-state index contributed by atoms with van der Waals surface area (Å²) < 4.78 is 7.26. The van der Waals surface area contributed by atoms with Crippen LogP contribution in [0.15, 0.2) is 0 Å². The number of esters is 1. The predicted octanol–water partition coefficient (Wildman–Crippen LogP) is 0.0999. The van der Waals surface area contributed by atoms with Gasteiger partial charge in [0.2, 0.25) is 0 Å². The topological polar surface area (TPSA) is 55.3 Å². The maximum absolute atomic E-state index is 11.5. The van der Waals surface area contributed by atoms with E-state index in [0.29, 0.717) is 11.8 Å². The minimum atomic E-state index is -0.151. The Morgan fingerprint density at radius 3 is 2.93 bits per heavy atom. The Labute approximate surface area is 83.7 Å². The maximum Gasteiger partial charge on any atom is 0.384 e. The lowest BCUT2D eigenvalue weighted by molar-refractivity contribution is -0.527. The molecule has 2 aliphatic rings. The van der Waals surface area contributed by atoms with Gasteiger partial charge in [0.05, 0.1) is 0 Å². The number of hydrogen-bond donors (Lipinski definition) is 1. The molecule has 14 heavy (non-hydrogen) atoms. The van der Waals surface area contributed by atoms with Crippen LogP contribution in [0.25, 0.3) is 0 Å². The highest BCUT2D eigenvalue weighted by Crippen LogP contribution is 2.21. The van der Waals surface area contributed by atoms with Gasteiger partial charge in [-0.05, 0) is 5.92 Å². The number of carbonyl (C=O) groups is 1. The SMILES string of the molecule is CC(C)C(N)C1=[N+]2CCCC2C(=O)O1. The molecule has 2 atom stereocenters. The van der Waals surface area contributed by atoms with Gasteiger partial charge in [0, 0.05) is 12.8 Å². The monoisotopic (exact) mass is 197 g/mol. The van der Waals surface area contributed by atoms with Crippen molar-refractivity contribution in [2.24, 2.45) is 11.7 Å². The lowest BCUT2D eigenvalue weighted by Crippen LogP contribution is -2.39. The first-order valence-corrected chi connectivity index (χ1v) is 5.22. The fourth-order valence-corrected chi connectivity index (χ4v) is 2.05. The van der Waals surface area contributed by atoms with Crippen molar-refractivity contribution in [2.75, 3.05) is 6.54 Å². The molecule has 2 unspecified atom stereocenters. The van der Waals surface area contributed by atoms with Crippen molar-refractivity contribution < 1.29 is 14.1 Å². The lowest BCUT2D eigenvalue weighted by Gasteiger charge is -2.10. The van der Waals surface area contributed by atoms with E-state index in [9.17, 15) is 4.79 Å². The molecule has 0 amide bonds. The fourth-order valence-electron chi connectivity index (χ4n) is 2.05. The van der Waals surface area contributed by atoms with Gasteiger partial charge in [-0.1, -0.05) is 13.8 Å². The third kappa shape index (κ3) is 1.34. The van der Waals surface area contributed by atoms with E-state index in [2.05, 4.69) is 0 Å². The zero-order chi connectivity index (χ0) is 10.3. The Hall–Kier alpha value is -0.900. The van der Waals surface area contributed by atoms with E-state index < -0.39 is 0 Å². The molecule has 0 aromatic heterocycles. The summed E-state index contributed by atoms with van der Waals surface area (Å²) >= 11 is 0. The molecule has 0 saturated carbocycles. The van der Waals surface area contributed by atoms with Crippen LogP contribution in [0.4, 0.5) is 0 Å². The summed E-state index contributed by atoms with van der Waals surface area (Å²) in [6, 6.07) is -0.197. The first-order chi connectivity index (χ1) is 6.61. The van der Waals surface area contributed by atoms with E-state index in [1.165, 1.54) is 0 Å². The first-order valence-electron chi connectivity index (χ1n) is 5.22. The van der Waals surface area contributed by atoms with Gasteiger partial charge in [-0.3, -0.25) is 0 Å². The highest BCUT2D eigenvalue weighted by molar-refractivity contribution is 5.95. The predicted molar refractivity (Wildman–Crippen MR) is 52.1 cm³/mol. The van der Waals surface area contributed by atoms with Crippen LogP contribution in [0.1, 0.15) is 26.7 Å². The van der Waals surface area contributed by atoms with Gasteiger partial charge in [0.25, 0.3) is 6.04 Å². The molecule has 0 aliphatic carbocycles. The number of rotatable bonds is 2. The number of hydrogen-bond acceptors (Lipinski definition) is 3. The van der Waals surface area contributed by atoms with Gasteiger partial charge in [0.15, 0.2) is 0 Å². The molecule has 0 bridgehead atoms. The number of carbonyl (C=O) groups excluding carboxylic acids is 1. The second kappa shape index (κ2) is 3.35. The van der Waals surface area contributed by atoms with Gasteiger partial charge in [-0.2, -0.15) is 4.58 Å². The van der Waals surface area contributed by atoms with Crippen molar-refractivity contribution in [2.45, 2.75) is 38.8 Å². The van der Waals surface area contributed by atoms with Gasteiger partial charge < -0.3 is 10.5 Å². The average Bonchev–Trinajstić information content (AvgIpc) is 2.68. The Morgan fingerprint density at radius 1 is 1.57 bits per heavy atom. The molecule has 0 spiro atoms. The second-order valence-corrected chi connectivity index (χ2v) is 4.38. The Morgan fingerprint density at radius 2 is 2.29 bits per heavy atom. The van der Waals surface area contributed by atoms with Crippen LogP contribution in [-0.2, 0) is 9.53 Å². The Balaban J connectivity index is 2.26. The van der Waals surface area contributed by atoms with Gasteiger partial charge in [-0.15, -0.1) is 0 Å². The van der Waals surface area contributed by atoms with Gasteiger partial charge in [-0.25, -0.2) is 4.79 Å². The number of nitrogens with zero attached hydrogens (tertiary/aromatic N) is 1. The van der Waals surface area contributed by atoms with Gasteiger partial charge in [0.1, 0.15) is 12.6 Å². The summed E-state index contributed by atoms with van der Waals surface area (Å²) in [5.41, 5.74) is 5.98. The Kier molecular flexibility index (Phi) is 2.31. The third-order valence-corrected chi connectivity index (χ3v) is 3.02. The number of nitrogens with two attached hydrogens (primary N) is 1. The van der Waals surface area contributed by atoms with Gasteiger partial charge >= 0.3 is 11.9 Å². The summed E-state index contributed by atoms with van der Waals surface area (Å²) in [5.74, 6) is 0.873. The highest BCUT2D eigenvalue weighted by atomic mass is 16.6. The molecule has 2 heterocycles. The number of cyclic esters (lactones) is 1. The molecule has 78 valence electrons. The van der Waals surface area contributed by atoms with Crippen molar-refractivity contribution >= 4 is 11.9 Å². The van der Waals surface area contributed by atoms with E-state index in [1.54, 1.807) is 0 Å². The molecule has 1 fully saturated rings. The maximum atomic E-state index is 11.5. The minimum Gasteiger partial charge on any atom is -0.368 e. The fraction of sp³-hybridized carbons (Fsp3) is 0.800. The van der Waals surface area contributed by atoms with Crippen LogP contribution < -0.4 is 5.73 Å². The minimum absolute atomic E-state index is 0.0465. The van der Waals surface area contributed by atoms with E-state index >= 15 is 0 Å². The second-order valence-electron chi connectivity index (χ2n) is 4.38. The number of fused-ring (bicyclic) bond motifs is 1. The molecule has 0 aromatic carbocycles. The van der Waals surface area contributed by atoms with Crippen LogP contribution in [0.3, 0.4) is 0 Å². The summed E-state index contributed by atoms with van der Waals surface area (Å²) in [5, 5.41) is 0. The van der Waals surface area contributed by atoms with Crippen molar-refractivity contribution in [1.82, 2.24) is 0 Å². The van der Waals surface area contributed by atoms with Crippen LogP contribution >= 0.6 is 0 Å². The molecule has 2 N–H and O–H groups in total. The Bertz CT molecular complexity index is 296. The normalized spacial score (nSPS) is 28.3. The van der Waals surface area contributed by atoms with Crippen LogP contribution in [-0.4, -0.2) is 35.1 Å². The van der Waals surface area contributed by atoms with Crippen LogP contribution in [0.5, 0.6) is 0 Å².